The molecule has 2 N–H and O–H groups in total. The third kappa shape index (κ3) is 5.58. The number of nitrogens with zero attached hydrogens (tertiary/aromatic N) is 1. The van der Waals surface area contributed by atoms with Gasteiger partial charge in [0.15, 0.2) is 0 Å². The highest BCUT2D eigenvalue weighted by Crippen LogP contribution is 2.15. The van der Waals surface area contributed by atoms with Gasteiger partial charge in [0.25, 0.3) is 0 Å². The van der Waals surface area contributed by atoms with Crippen LogP contribution >= 0.6 is 15.9 Å². The van der Waals surface area contributed by atoms with E-state index >= 15 is 0 Å². The molecule has 0 saturated heterocycles. The van der Waals surface area contributed by atoms with Crippen LogP contribution in [-0.4, -0.2) is 18.0 Å². The highest BCUT2D eigenvalue weighted by Gasteiger charge is 2.07. The molecule has 112 valence electrons. The zero-order valence-corrected chi connectivity index (χ0v) is 13.5. The van der Waals surface area contributed by atoms with Gasteiger partial charge in [0.1, 0.15) is 5.82 Å². The molecular weight excluding hydrogens is 331 g/mol. The maximum Gasteiger partial charge on any atom is 0.123 e. The number of rotatable bonds is 7. The smallest absolute Gasteiger partial charge is 0.123 e. The van der Waals surface area contributed by atoms with Gasteiger partial charge in [-0.05, 0) is 48.4 Å². The van der Waals surface area contributed by atoms with Gasteiger partial charge < -0.3 is 5.73 Å². The number of hydrogen-bond donors (Lipinski definition) is 1. The molecular formula is C17H20BrFN2. The molecule has 0 aliphatic heterocycles. The van der Waals surface area contributed by atoms with Crippen molar-refractivity contribution in [1.29, 1.82) is 0 Å². The first kappa shape index (κ1) is 16.1. The van der Waals surface area contributed by atoms with Gasteiger partial charge in [-0.15, -0.1) is 0 Å². The molecule has 0 bridgehead atoms. The van der Waals surface area contributed by atoms with E-state index in [9.17, 15) is 4.39 Å². The summed E-state index contributed by atoms with van der Waals surface area (Å²) in [5, 5.41) is 0. The summed E-state index contributed by atoms with van der Waals surface area (Å²) in [7, 11) is 0. The van der Waals surface area contributed by atoms with E-state index in [-0.39, 0.29) is 5.82 Å². The van der Waals surface area contributed by atoms with E-state index in [1.807, 2.05) is 24.3 Å². The Balaban J connectivity index is 2.04. The Labute approximate surface area is 133 Å². The van der Waals surface area contributed by atoms with Crippen LogP contribution < -0.4 is 5.73 Å². The summed E-state index contributed by atoms with van der Waals surface area (Å²) in [6, 6.07) is 15.0. The summed E-state index contributed by atoms with van der Waals surface area (Å²) >= 11 is 3.50. The molecule has 4 heteroatoms. The van der Waals surface area contributed by atoms with Crippen LogP contribution in [0.1, 0.15) is 17.5 Å². The van der Waals surface area contributed by atoms with Crippen LogP contribution in [0.15, 0.2) is 53.0 Å². The van der Waals surface area contributed by atoms with Gasteiger partial charge >= 0.3 is 0 Å². The predicted octanol–water partition coefficient (Wildman–Crippen LogP) is 3.94. The summed E-state index contributed by atoms with van der Waals surface area (Å²) in [6.45, 7) is 3.27. The first-order chi connectivity index (χ1) is 10.2. The van der Waals surface area contributed by atoms with Crippen LogP contribution in [-0.2, 0) is 13.1 Å². The highest BCUT2D eigenvalue weighted by atomic mass is 79.9. The van der Waals surface area contributed by atoms with Crippen molar-refractivity contribution in [2.24, 2.45) is 5.73 Å². The molecule has 0 saturated carbocycles. The second kappa shape index (κ2) is 8.27. The molecule has 0 aliphatic carbocycles. The third-order valence-electron chi connectivity index (χ3n) is 3.29. The van der Waals surface area contributed by atoms with E-state index in [1.54, 1.807) is 0 Å². The largest absolute Gasteiger partial charge is 0.330 e. The Hall–Kier alpha value is -1.23. The van der Waals surface area contributed by atoms with E-state index in [0.29, 0.717) is 6.54 Å². The van der Waals surface area contributed by atoms with Gasteiger partial charge in [0.05, 0.1) is 0 Å². The number of halogens is 2. The van der Waals surface area contributed by atoms with Crippen molar-refractivity contribution in [2.45, 2.75) is 19.5 Å². The quantitative estimate of drug-likeness (QED) is 0.819. The van der Waals surface area contributed by atoms with E-state index < -0.39 is 0 Å². The number of benzene rings is 2. The Morgan fingerprint density at radius 3 is 2.38 bits per heavy atom. The van der Waals surface area contributed by atoms with E-state index in [2.05, 4.69) is 33.0 Å². The van der Waals surface area contributed by atoms with E-state index in [4.69, 9.17) is 5.73 Å². The third-order valence-corrected chi connectivity index (χ3v) is 3.79. The van der Waals surface area contributed by atoms with Gasteiger partial charge in [-0.25, -0.2) is 4.39 Å². The second-order valence-corrected chi connectivity index (χ2v) is 6.02. The molecule has 21 heavy (non-hydrogen) atoms. The summed E-state index contributed by atoms with van der Waals surface area (Å²) < 4.78 is 14.1. The zero-order chi connectivity index (χ0) is 15.1. The lowest BCUT2D eigenvalue weighted by Gasteiger charge is -2.22. The van der Waals surface area contributed by atoms with Crippen molar-refractivity contribution >= 4 is 15.9 Å². The predicted molar refractivity (Wildman–Crippen MR) is 88.3 cm³/mol. The fourth-order valence-electron chi connectivity index (χ4n) is 2.27. The Morgan fingerprint density at radius 2 is 1.71 bits per heavy atom. The fraction of sp³-hybridized carbons (Fsp3) is 0.294. The van der Waals surface area contributed by atoms with Gasteiger partial charge in [-0.1, -0.05) is 40.2 Å². The van der Waals surface area contributed by atoms with Crippen molar-refractivity contribution < 1.29 is 4.39 Å². The maximum atomic E-state index is 13.0. The van der Waals surface area contributed by atoms with Gasteiger partial charge in [0.2, 0.25) is 0 Å². The molecule has 0 spiro atoms. The van der Waals surface area contributed by atoms with Crippen molar-refractivity contribution in [1.82, 2.24) is 4.90 Å². The van der Waals surface area contributed by atoms with Gasteiger partial charge in [-0.3, -0.25) is 4.90 Å². The van der Waals surface area contributed by atoms with Crippen molar-refractivity contribution in [2.75, 3.05) is 13.1 Å². The molecule has 0 heterocycles. The van der Waals surface area contributed by atoms with Crippen LogP contribution in [0, 0.1) is 5.82 Å². The average Bonchev–Trinajstić information content (AvgIpc) is 2.47. The first-order valence-corrected chi connectivity index (χ1v) is 7.88. The molecule has 0 aromatic heterocycles. The lowest BCUT2D eigenvalue weighted by Crippen LogP contribution is -2.25. The number of nitrogens with two attached hydrogens (primary N) is 1. The monoisotopic (exact) mass is 350 g/mol. The standard InChI is InChI=1S/C17H20BrFN2/c18-16-4-1-3-15(11-16)13-21(10-2-9-20)12-14-5-7-17(19)8-6-14/h1,3-8,11H,2,9-10,12-13,20H2. The van der Waals surface area contributed by atoms with Crippen molar-refractivity contribution in [3.05, 3.63) is 69.9 Å². The summed E-state index contributed by atoms with van der Waals surface area (Å²) in [5.41, 5.74) is 7.99. The fourth-order valence-corrected chi connectivity index (χ4v) is 2.72. The molecule has 2 nitrogen and oxygen atoms in total. The van der Waals surface area contributed by atoms with Crippen LogP contribution in [0.5, 0.6) is 0 Å². The van der Waals surface area contributed by atoms with E-state index in [1.165, 1.54) is 17.7 Å². The molecule has 0 unspecified atom stereocenters. The van der Waals surface area contributed by atoms with Crippen LogP contribution in [0.4, 0.5) is 4.39 Å². The summed E-state index contributed by atoms with van der Waals surface area (Å²) in [6.07, 6.45) is 0.954. The van der Waals surface area contributed by atoms with Gasteiger partial charge in [0, 0.05) is 24.1 Å². The van der Waals surface area contributed by atoms with Crippen molar-refractivity contribution in [3.63, 3.8) is 0 Å². The van der Waals surface area contributed by atoms with Crippen LogP contribution in [0.3, 0.4) is 0 Å². The first-order valence-electron chi connectivity index (χ1n) is 7.08. The normalized spacial score (nSPS) is 11.0. The Morgan fingerprint density at radius 1 is 1.00 bits per heavy atom. The molecule has 0 radical (unpaired) electrons. The number of hydrogen-bond acceptors (Lipinski definition) is 2. The molecule has 2 aromatic carbocycles. The molecule has 2 rings (SSSR count). The minimum absolute atomic E-state index is 0.195. The Bertz CT molecular complexity index is 557. The van der Waals surface area contributed by atoms with Gasteiger partial charge in [-0.2, -0.15) is 0 Å². The summed E-state index contributed by atoms with van der Waals surface area (Å²) in [5.74, 6) is -0.195. The SMILES string of the molecule is NCCCN(Cc1ccc(F)cc1)Cc1cccc(Br)c1. The zero-order valence-electron chi connectivity index (χ0n) is 11.9. The average molecular weight is 351 g/mol. The second-order valence-electron chi connectivity index (χ2n) is 5.11. The lowest BCUT2D eigenvalue weighted by atomic mass is 10.1. The summed E-state index contributed by atoms with van der Waals surface area (Å²) in [4.78, 5) is 2.34. The molecule has 0 fully saturated rings. The molecule has 2 aromatic rings. The minimum atomic E-state index is -0.195. The lowest BCUT2D eigenvalue weighted by molar-refractivity contribution is 0.255. The van der Waals surface area contributed by atoms with Crippen LogP contribution in [0.2, 0.25) is 0 Å². The van der Waals surface area contributed by atoms with E-state index in [0.717, 1.165) is 36.1 Å². The topological polar surface area (TPSA) is 29.3 Å². The van der Waals surface area contributed by atoms with Crippen molar-refractivity contribution in [3.8, 4) is 0 Å². The van der Waals surface area contributed by atoms with Crippen LogP contribution in [0.25, 0.3) is 0 Å². The molecule has 0 amide bonds. The molecule has 0 atom stereocenters. The Kier molecular flexibility index (Phi) is 6.36. The molecule has 0 aliphatic rings. The minimum Gasteiger partial charge on any atom is -0.330 e. The maximum absolute atomic E-state index is 13.0. The highest BCUT2D eigenvalue weighted by molar-refractivity contribution is 9.10.